The first kappa shape index (κ1) is 51.6. The summed E-state index contributed by atoms with van der Waals surface area (Å²) in [6.07, 6.45) is 18.5. The van der Waals surface area contributed by atoms with Gasteiger partial charge in [-0.05, 0) is 38.5 Å². The molecule has 0 aromatic heterocycles. The number of hydrogen-bond donors (Lipinski definition) is 6. The highest BCUT2D eigenvalue weighted by Crippen LogP contribution is 2.47. The van der Waals surface area contributed by atoms with Crippen molar-refractivity contribution >= 4 is 19.8 Å². The molecule has 1 rings (SSSR count). The molecular formula is C41H77O13P. The number of unbranched alkanes of at least 4 members (excludes halogenated alkanes) is 21. The molecule has 0 aromatic rings. The van der Waals surface area contributed by atoms with Gasteiger partial charge in [0.2, 0.25) is 0 Å². The molecule has 0 amide bonds. The van der Waals surface area contributed by atoms with Gasteiger partial charge in [0, 0.05) is 12.8 Å². The second-order valence-corrected chi connectivity index (χ2v) is 16.6. The van der Waals surface area contributed by atoms with Crippen molar-refractivity contribution in [1.29, 1.82) is 0 Å². The lowest BCUT2D eigenvalue weighted by molar-refractivity contribution is -0.220. The first-order chi connectivity index (χ1) is 26.4. The molecule has 0 bridgehead atoms. The van der Waals surface area contributed by atoms with E-state index in [2.05, 4.69) is 26.0 Å². The van der Waals surface area contributed by atoms with E-state index in [1.54, 1.807) is 0 Å². The van der Waals surface area contributed by atoms with Gasteiger partial charge in [-0.25, -0.2) is 4.57 Å². The number of hydrogen-bond acceptors (Lipinski definition) is 12. The third-order valence-corrected chi connectivity index (χ3v) is 11.1. The Bertz CT molecular complexity index is 1030. The molecule has 6 N–H and O–H groups in total. The van der Waals surface area contributed by atoms with Crippen LogP contribution in [0, 0.1) is 0 Å². The summed E-state index contributed by atoms with van der Waals surface area (Å²) in [5.74, 6) is -1.11. The van der Waals surface area contributed by atoms with E-state index in [4.69, 9.17) is 18.5 Å². The number of allylic oxidation sites excluding steroid dienone is 2. The lowest BCUT2D eigenvalue weighted by Gasteiger charge is -2.41. The second-order valence-electron chi connectivity index (χ2n) is 15.2. The Morgan fingerprint density at radius 3 is 1.40 bits per heavy atom. The van der Waals surface area contributed by atoms with Crippen molar-refractivity contribution in [2.24, 2.45) is 0 Å². The number of phosphoric ester groups is 1. The van der Waals surface area contributed by atoms with Crippen molar-refractivity contribution in [3.8, 4) is 0 Å². The van der Waals surface area contributed by atoms with E-state index < -0.39 is 75.7 Å². The molecule has 0 aliphatic heterocycles. The molecule has 14 heteroatoms. The van der Waals surface area contributed by atoms with Crippen LogP contribution in [-0.4, -0.2) is 98.3 Å². The van der Waals surface area contributed by atoms with Crippen molar-refractivity contribution in [1.82, 2.24) is 0 Å². The fourth-order valence-electron chi connectivity index (χ4n) is 6.58. The SMILES string of the molecule is CCCCCCCC/C=C/CCCCCC(=O)O[C@H](COC(=O)CCCCCCCCCCCCCCC)COP(=O)(O)OC1C(O)C(O)C(O)[C@@H](O)C1O. The molecule has 1 saturated carbocycles. The first-order valence-electron chi connectivity index (χ1n) is 21.5. The fourth-order valence-corrected chi connectivity index (χ4v) is 7.55. The molecule has 0 spiro atoms. The Balaban J connectivity index is 2.51. The Hall–Kier alpha value is -1.41. The molecule has 324 valence electrons. The number of aliphatic hydroxyl groups excluding tert-OH is 5. The minimum atomic E-state index is -5.11. The van der Waals surface area contributed by atoms with Gasteiger partial charge in [0.15, 0.2) is 6.10 Å². The lowest BCUT2D eigenvalue weighted by Crippen LogP contribution is -2.64. The summed E-state index contributed by atoms with van der Waals surface area (Å²) in [6.45, 7) is 3.26. The normalized spacial score (nSPS) is 23.1. The highest BCUT2D eigenvalue weighted by molar-refractivity contribution is 7.47. The molecule has 0 aromatic carbocycles. The quantitative estimate of drug-likeness (QED) is 0.0159. The summed E-state index contributed by atoms with van der Waals surface area (Å²) < 4.78 is 33.4. The van der Waals surface area contributed by atoms with Crippen LogP contribution in [0.15, 0.2) is 12.2 Å². The molecule has 8 atom stereocenters. The van der Waals surface area contributed by atoms with E-state index in [1.807, 2.05) is 0 Å². The van der Waals surface area contributed by atoms with E-state index in [9.17, 15) is 44.6 Å². The standard InChI is InChI=1S/C41H77O13P/c1-3-5-7-9-11-13-15-17-19-21-23-25-27-29-34(42)51-31-33(32-52-55(49,50)54-41-39(47)37(45)36(44)38(46)40(41)48)53-35(43)30-28-26-24-22-20-18-16-14-12-10-8-6-4-2/h18,20,33,36-41,44-48H,3-17,19,21-32H2,1-2H3,(H,49,50)/b20-18+/t33-,36?,37-,38?,39?,40?,41?/m1/s1. The summed E-state index contributed by atoms with van der Waals surface area (Å²) in [4.78, 5) is 35.5. The average Bonchev–Trinajstić information content (AvgIpc) is 3.16. The van der Waals surface area contributed by atoms with Crippen LogP contribution in [0.25, 0.3) is 0 Å². The topological polar surface area (TPSA) is 210 Å². The van der Waals surface area contributed by atoms with Gasteiger partial charge in [-0.15, -0.1) is 0 Å². The average molecular weight is 809 g/mol. The third-order valence-electron chi connectivity index (χ3n) is 10.1. The number of aliphatic hydroxyl groups is 5. The van der Waals surface area contributed by atoms with Gasteiger partial charge in [-0.2, -0.15) is 0 Å². The number of esters is 2. The van der Waals surface area contributed by atoms with Gasteiger partial charge in [0.25, 0.3) is 0 Å². The van der Waals surface area contributed by atoms with Gasteiger partial charge in [-0.1, -0.05) is 142 Å². The van der Waals surface area contributed by atoms with E-state index in [0.717, 1.165) is 44.9 Å². The maximum Gasteiger partial charge on any atom is 0.472 e. The van der Waals surface area contributed by atoms with Crippen molar-refractivity contribution in [2.45, 2.75) is 224 Å². The molecular weight excluding hydrogens is 731 g/mol. The maximum atomic E-state index is 12.8. The smallest absolute Gasteiger partial charge is 0.462 e. The van der Waals surface area contributed by atoms with Crippen LogP contribution in [0.2, 0.25) is 0 Å². The van der Waals surface area contributed by atoms with Crippen LogP contribution in [0.1, 0.15) is 181 Å². The third kappa shape index (κ3) is 25.5. The number of phosphoric acid groups is 1. The summed E-state index contributed by atoms with van der Waals surface area (Å²) in [7, 11) is -5.11. The van der Waals surface area contributed by atoms with E-state index in [0.29, 0.717) is 12.8 Å². The molecule has 6 unspecified atom stereocenters. The maximum absolute atomic E-state index is 12.8. The summed E-state index contributed by atoms with van der Waals surface area (Å²) in [6, 6.07) is 0. The molecule has 1 fully saturated rings. The van der Waals surface area contributed by atoms with E-state index in [-0.39, 0.29) is 12.8 Å². The number of rotatable bonds is 35. The van der Waals surface area contributed by atoms with Gasteiger partial charge in [0.1, 0.15) is 43.2 Å². The highest BCUT2D eigenvalue weighted by atomic mass is 31.2. The van der Waals surface area contributed by atoms with E-state index in [1.165, 1.54) is 96.3 Å². The highest BCUT2D eigenvalue weighted by Gasteiger charge is 2.51. The Kier molecular flexibility index (Phi) is 30.5. The number of ether oxygens (including phenoxy) is 2. The van der Waals surface area contributed by atoms with Gasteiger partial charge >= 0.3 is 19.8 Å². The Labute approximate surface area is 331 Å². The van der Waals surface area contributed by atoms with Gasteiger partial charge in [-0.3, -0.25) is 18.6 Å². The van der Waals surface area contributed by atoms with E-state index >= 15 is 0 Å². The molecule has 0 heterocycles. The summed E-state index contributed by atoms with van der Waals surface area (Å²) in [5.41, 5.74) is 0. The number of carbonyl (C=O) groups is 2. The fraction of sp³-hybridized carbons (Fsp3) is 0.902. The Morgan fingerprint density at radius 1 is 0.545 bits per heavy atom. The van der Waals surface area contributed by atoms with Crippen LogP contribution < -0.4 is 0 Å². The lowest BCUT2D eigenvalue weighted by atomic mass is 9.85. The summed E-state index contributed by atoms with van der Waals surface area (Å²) >= 11 is 0. The van der Waals surface area contributed by atoms with Crippen molar-refractivity contribution < 1.29 is 63.1 Å². The molecule has 0 saturated heterocycles. The second kappa shape index (κ2) is 32.5. The van der Waals surface area contributed by atoms with Crippen molar-refractivity contribution in [3.05, 3.63) is 12.2 Å². The largest absolute Gasteiger partial charge is 0.472 e. The molecule has 13 nitrogen and oxygen atoms in total. The van der Waals surface area contributed by atoms with Gasteiger partial charge < -0.3 is 39.9 Å². The zero-order valence-corrected chi connectivity index (χ0v) is 34.9. The molecule has 55 heavy (non-hydrogen) atoms. The molecule has 1 aliphatic carbocycles. The molecule has 1 aliphatic rings. The van der Waals surface area contributed by atoms with Gasteiger partial charge in [0.05, 0.1) is 6.61 Å². The Morgan fingerprint density at radius 2 is 0.927 bits per heavy atom. The van der Waals surface area contributed by atoms with Crippen LogP contribution in [0.3, 0.4) is 0 Å². The predicted molar refractivity (Wildman–Crippen MR) is 212 cm³/mol. The summed E-state index contributed by atoms with van der Waals surface area (Å²) in [5, 5.41) is 50.0. The van der Waals surface area contributed by atoms with Crippen LogP contribution in [0.5, 0.6) is 0 Å². The van der Waals surface area contributed by atoms with Crippen molar-refractivity contribution in [3.63, 3.8) is 0 Å². The monoisotopic (exact) mass is 809 g/mol. The van der Waals surface area contributed by atoms with Crippen LogP contribution in [-0.2, 0) is 32.7 Å². The van der Waals surface area contributed by atoms with Crippen molar-refractivity contribution in [2.75, 3.05) is 13.2 Å². The minimum absolute atomic E-state index is 0.0801. The zero-order chi connectivity index (χ0) is 40.7. The predicted octanol–water partition coefficient (Wildman–Crippen LogP) is 7.50. The minimum Gasteiger partial charge on any atom is -0.462 e. The molecule has 0 radical (unpaired) electrons. The van der Waals surface area contributed by atoms with Crippen LogP contribution in [0.4, 0.5) is 0 Å². The van der Waals surface area contributed by atoms with Crippen LogP contribution >= 0.6 is 7.82 Å². The zero-order valence-electron chi connectivity index (χ0n) is 34.0. The number of carbonyl (C=O) groups excluding carboxylic acids is 2. The first-order valence-corrected chi connectivity index (χ1v) is 23.0.